The second-order valence-electron chi connectivity index (χ2n) is 8.66. The molecule has 0 aliphatic carbocycles. The minimum atomic E-state index is -0.481. The van der Waals surface area contributed by atoms with Crippen molar-refractivity contribution < 1.29 is 19.1 Å². The Kier molecular flexibility index (Phi) is 5.97. The van der Waals surface area contributed by atoms with Crippen molar-refractivity contribution in [2.45, 2.75) is 25.3 Å². The van der Waals surface area contributed by atoms with Gasteiger partial charge in [0.25, 0.3) is 0 Å². The Bertz CT molecular complexity index is 1210. The van der Waals surface area contributed by atoms with E-state index < -0.39 is 12.0 Å². The zero-order valence-electron chi connectivity index (χ0n) is 19.4. The quantitative estimate of drug-likeness (QED) is 0.555. The van der Waals surface area contributed by atoms with Gasteiger partial charge in [-0.05, 0) is 54.8 Å². The number of ether oxygens (including phenoxy) is 2. The van der Waals surface area contributed by atoms with Crippen molar-refractivity contribution in [3.63, 3.8) is 0 Å². The number of benzene rings is 3. The summed E-state index contributed by atoms with van der Waals surface area (Å²) in [6.45, 7) is 0.657. The van der Waals surface area contributed by atoms with E-state index in [1.54, 1.807) is 19.1 Å². The second-order valence-corrected chi connectivity index (χ2v) is 8.66. The smallest absolute Gasteiger partial charge is 0.232 e. The Morgan fingerprint density at radius 2 is 1.62 bits per heavy atom. The van der Waals surface area contributed by atoms with Crippen molar-refractivity contribution in [1.29, 1.82) is 0 Å². The molecule has 2 aliphatic rings. The van der Waals surface area contributed by atoms with Gasteiger partial charge in [0.15, 0.2) is 0 Å². The van der Waals surface area contributed by atoms with E-state index in [-0.39, 0.29) is 11.8 Å². The van der Waals surface area contributed by atoms with E-state index in [0.29, 0.717) is 30.9 Å². The highest BCUT2D eigenvalue weighted by molar-refractivity contribution is 6.02. The molecule has 6 heteroatoms. The largest absolute Gasteiger partial charge is 0.497 e. The van der Waals surface area contributed by atoms with Gasteiger partial charge in [0.05, 0.1) is 26.2 Å². The fourth-order valence-electron chi connectivity index (χ4n) is 5.23. The van der Waals surface area contributed by atoms with Crippen molar-refractivity contribution in [1.82, 2.24) is 0 Å². The Hall–Kier alpha value is -3.80. The molecule has 34 heavy (non-hydrogen) atoms. The SMILES string of the molecule is COc1ccc(N2C(=O)CC[C@H](C(=O)N3CCc4ccccc43)[C@@H]2c2ccccc2OC)cc1. The minimum absolute atomic E-state index is 0.00746. The highest BCUT2D eigenvalue weighted by atomic mass is 16.5. The molecule has 0 unspecified atom stereocenters. The second kappa shape index (κ2) is 9.21. The molecule has 6 nitrogen and oxygen atoms in total. The lowest BCUT2D eigenvalue weighted by Gasteiger charge is -2.42. The van der Waals surface area contributed by atoms with Crippen molar-refractivity contribution >= 4 is 23.2 Å². The fourth-order valence-corrected chi connectivity index (χ4v) is 5.23. The third-order valence-electron chi connectivity index (χ3n) is 6.88. The van der Waals surface area contributed by atoms with Gasteiger partial charge in [0.1, 0.15) is 11.5 Å². The molecule has 0 saturated carbocycles. The highest BCUT2D eigenvalue weighted by Crippen LogP contribution is 2.45. The first kappa shape index (κ1) is 22.0. The van der Waals surface area contributed by atoms with Gasteiger partial charge in [-0.15, -0.1) is 0 Å². The van der Waals surface area contributed by atoms with Gasteiger partial charge in [0.2, 0.25) is 11.8 Å². The topological polar surface area (TPSA) is 59.1 Å². The molecule has 0 N–H and O–H groups in total. The number of hydrogen-bond acceptors (Lipinski definition) is 4. The zero-order chi connectivity index (χ0) is 23.7. The normalized spacial score (nSPS) is 19.6. The fraction of sp³-hybridized carbons (Fsp3) is 0.286. The first-order valence-electron chi connectivity index (χ1n) is 11.6. The van der Waals surface area contributed by atoms with Crippen molar-refractivity contribution in [2.75, 3.05) is 30.6 Å². The van der Waals surface area contributed by atoms with Gasteiger partial charge in [-0.3, -0.25) is 9.59 Å². The van der Waals surface area contributed by atoms with Crippen LogP contribution in [0.4, 0.5) is 11.4 Å². The molecule has 0 spiro atoms. The van der Waals surface area contributed by atoms with Gasteiger partial charge >= 0.3 is 0 Å². The van der Waals surface area contributed by atoms with E-state index >= 15 is 0 Å². The van der Waals surface area contributed by atoms with E-state index in [9.17, 15) is 9.59 Å². The first-order valence-corrected chi connectivity index (χ1v) is 11.6. The van der Waals surface area contributed by atoms with E-state index in [1.807, 2.05) is 71.6 Å². The first-order chi connectivity index (χ1) is 16.6. The average Bonchev–Trinajstić information content (AvgIpc) is 3.32. The van der Waals surface area contributed by atoms with Crippen LogP contribution < -0.4 is 19.3 Å². The number of hydrogen-bond donors (Lipinski definition) is 0. The van der Waals surface area contributed by atoms with Crippen LogP contribution in [0, 0.1) is 5.92 Å². The number of carbonyl (C=O) groups is 2. The third kappa shape index (κ3) is 3.79. The molecule has 0 aromatic heterocycles. The van der Waals surface area contributed by atoms with Crippen LogP contribution in [0.5, 0.6) is 11.5 Å². The predicted octanol–water partition coefficient (Wildman–Crippen LogP) is 4.78. The van der Waals surface area contributed by atoms with Crippen LogP contribution in [0.3, 0.4) is 0 Å². The maximum absolute atomic E-state index is 14.1. The molecular formula is C28H28N2O4. The number of anilines is 2. The Labute approximate surface area is 199 Å². The summed E-state index contributed by atoms with van der Waals surface area (Å²) in [4.78, 5) is 31.1. The number of para-hydroxylation sites is 2. The van der Waals surface area contributed by atoms with Crippen LogP contribution in [0.25, 0.3) is 0 Å². The van der Waals surface area contributed by atoms with Crippen LogP contribution in [-0.2, 0) is 16.0 Å². The number of rotatable bonds is 5. The van der Waals surface area contributed by atoms with Crippen LogP contribution >= 0.6 is 0 Å². The Morgan fingerprint density at radius 1 is 0.882 bits per heavy atom. The van der Waals surface area contributed by atoms with Crippen molar-refractivity contribution in [3.8, 4) is 11.5 Å². The molecule has 174 valence electrons. The van der Waals surface area contributed by atoms with E-state index in [0.717, 1.165) is 23.4 Å². The van der Waals surface area contributed by atoms with Crippen molar-refractivity contribution in [2.24, 2.45) is 5.92 Å². The Morgan fingerprint density at radius 3 is 2.38 bits per heavy atom. The molecule has 2 aliphatic heterocycles. The number of methoxy groups -OCH3 is 2. The molecule has 5 rings (SSSR count). The highest BCUT2D eigenvalue weighted by Gasteiger charge is 2.45. The summed E-state index contributed by atoms with van der Waals surface area (Å²) in [6, 6.07) is 22.7. The van der Waals surface area contributed by atoms with Crippen molar-refractivity contribution in [3.05, 3.63) is 83.9 Å². The van der Waals surface area contributed by atoms with Gasteiger partial charge in [-0.1, -0.05) is 36.4 Å². The minimum Gasteiger partial charge on any atom is -0.497 e. The molecular weight excluding hydrogens is 428 g/mol. The summed E-state index contributed by atoms with van der Waals surface area (Å²) >= 11 is 0. The summed E-state index contributed by atoms with van der Waals surface area (Å²) in [6.07, 6.45) is 1.64. The van der Waals surface area contributed by atoms with E-state index in [4.69, 9.17) is 9.47 Å². The summed E-state index contributed by atoms with van der Waals surface area (Å²) in [5.41, 5.74) is 3.73. The van der Waals surface area contributed by atoms with E-state index in [2.05, 4.69) is 6.07 Å². The zero-order valence-corrected chi connectivity index (χ0v) is 19.4. The van der Waals surface area contributed by atoms with E-state index in [1.165, 1.54) is 5.56 Å². The number of carbonyl (C=O) groups excluding carboxylic acids is 2. The molecule has 0 bridgehead atoms. The average molecular weight is 457 g/mol. The van der Waals surface area contributed by atoms with Crippen LogP contribution in [0.2, 0.25) is 0 Å². The summed E-state index contributed by atoms with van der Waals surface area (Å²) in [5, 5.41) is 0. The molecule has 2 heterocycles. The van der Waals surface area contributed by atoms with Crippen LogP contribution in [0.1, 0.15) is 30.0 Å². The molecule has 3 aromatic carbocycles. The van der Waals surface area contributed by atoms with Gasteiger partial charge < -0.3 is 19.3 Å². The maximum atomic E-state index is 14.1. The standard InChI is InChI=1S/C28H28N2O4/c1-33-21-13-11-20(12-14-21)30-26(31)16-15-23(27(30)22-8-4-6-10-25(22)34-2)28(32)29-18-17-19-7-3-5-9-24(19)29/h3-14,23,27H,15-18H2,1-2H3/t23-,27-/m0/s1. The number of fused-ring (bicyclic) bond motifs is 1. The Balaban J connectivity index is 1.60. The summed E-state index contributed by atoms with van der Waals surface area (Å²) < 4.78 is 11.0. The summed E-state index contributed by atoms with van der Waals surface area (Å²) in [7, 11) is 3.23. The molecule has 0 radical (unpaired) electrons. The van der Waals surface area contributed by atoms with Gasteiger partial charge in [-0.2, -0.15) is 0 Å². The van der Waals surface area contributed by atoms with Crippen LogP contribution in [0.15, 0.2) is 72.8 Å². The lowest BCUT2D eigenvalue weighted by atomic mass is 9.82. The maximum Gasteiger partial charge on any atom is 0.232 e. The molecule has 2 atom stereocenters. The van der Waals surface area contributed by atoms with Gasteiger partial charge in [-0.25, -0.2) is 0 Å². The monoisotopic (exact) mass is 456 g/mol. The third-order valence-corrected chi connectivity index (χ3v) is 6.88. The molecule has 2 amide bonds. The summed E-state index contributed by atoms with van der Waals surface area (Å²) in [5.74, 6) is 1.02. The van der Waals surface area contributed by atoms with Crippen LogP contribution in [-0.4, -0.2) is 32.6 Å². The number of amides is 2. The molecule has 3 aromatic rings. The molecule has 1 fully saturated rings. The lowest BCUT2D eigenvalue weighted by Crippen LogP contribution is -2.49. The molecule has 1 saturated heterocycles. The lowest BCUT2D eigenvalue weighted by molar-refractivity contribution is -0.127. The predicted molar refractivity (Wildman–Crippen MR) is 131 cm³/mol. The number of nitrogens with zero attached hydrogens (tertiary/aromatic N) is 2. The number of piperidine rings is 1. The van der Waals surface area contributed by atoms with Gasteiger partial charge in [0, 0.05) is 29.9 Å².